The van der Waals surface area contributed by atoms with Gasteiger partial charge >= 0.3 is 0 Å². The molecule has 1 amide bonds. The average molecular weight is 363 g/mol. The highest BCUT2D eigenvalue weighted by atomic mass is 16.7. The van der Waals surface area contributed by atoms with Crippen LogP contribution in [0, 0.1) is 0 Å². The number of nitrogens with one attached hydrogen (secondary N) is 1. The zero-order valence-corrected chi connectivity index (χ0v) is 14.9. The van der Waals surface area contributed by atoms with E-state index in [1.54, 1.807) is 0 Å². The molecule has 0 saturated carbocycles. The fourth-order valence-electron chi connectivity index (χ4n) is 3.04. The van der Waals surface area contributed by atoms with Gasteiger partial charge in [-0.05, 0) is 36.2 Å². The third-order valence-corrected chi connectivity index (χ3v) is 4.49. The summed E-state index contributed by atoms with van der Waals surface area (Å²) < 4.78 is 16.5. The van der Waals surface area contributed by atoms with Gasteiger partial charge in [-0.2, -0.15) is 0 Å². The SMILES string of the molecule is O=C(CCc1ccc(-c2ccccc2)o1)NCCc1ccc2c(c1)OCO2. The third kappa shape index (κ3) is 4.31. The van der Waals surface area contributed by atoms with E-state index >= 15 is 0 Å². The standard InChI is InChI=1S/C22H21NO4/c24-22(23-13-12-16-6-9-20-21(14-16)26-15-25-20)11-8-18-7-10-19(27-18)17-4-2-1-3-5-17/h1-7,9-10,14H,8,11-13,15H2,(H,23,24). The predicted molar refractivity (Wildman–Crippen MR) is 102 cm³/mol. The summed E-state index contributed by atoms with van der Waals surface area (Å²) >= 11 is 0. The molecule has 1 N–H and O–H groups in total. The van der Waals surface area contributed by atoms with Crippen LogP contribution in [0.3, 0.4) is 0 Å². The van der Waals surface area contributed by atoms with E-state index in [4.69, 9.17) is 13.9 Å². The van der Waals surface area contributed by atoms with Crippen LogP contribution in [0.2, 0.25) is 0 Å². The van der Waals surface area contributed by atoms with E-state index in [2.05, 4.69) is 5.32 Å². The van der Waals surface area contributed by atoms with Crippen LogP contribution in [0.5, 0.6) is 11.5 Å². The second-order valence-electron chi connectivity index (χ2n) is 6.42. The van der Waals surface area contributed by atoms with Gasteiger partial charge in [0.05, 0.1) is 0 Å². The fraction of sp³-hybridized carbons (Fsp3) is 0.227. The minimum absolute atomic E-state index is 0.0217. The van der Waals surface area contributed by atoms with Crippen molar-refractivity contribution in [3.8, 4) is 22.8 Å². The maximum atomic E-state index is 12.1. The van der Waals surface area contributed by atoms with Crippen LogP contribution < -0.4 is 14.8 Å². The van der Waals surface area contributed by atoms with Gasteiger partial charge in [0.2, 0.25) is 12.7 Å². The first-order chi connectivity index (χ1) is 13.3. The molecule has 0 saturated heterocycles. The van der Waals surface area contributed by atoms with E-state index in [9.17, 15) is 4.79 Å². The maximum absolute atomic E-state index is 12.1. The number of aryl methyl sites for hydroxylation is 1. The number of amides is 1. The van der Waals surface area contributed by atoms with Crippen molar-refractivity contribution in [1.29, 1.82) is 0 Å². The van der Waals surface area contributed by atoms with Crippen molar-refractivity contribution < 1.29 is 18.7 Å². The second-order valence-corrected chi connectivity index (χ2v) is 6.42. The van der Waals surface area contributed by atoms with Gasteiger partial charge in [0.1, 0.15) is 11.5 Å². The van der Waals surface area contributed by atoms with Gasteiger partial charge in [0.15, 0.2) is 11.5 Å². The Bertz CT molecular complexity index is 917. The Morgan fingerprint density at radius 2 is 1.78 bits per heavy atom. The highest BCUT2D eigenvalue weighted by Gasteiger charge is 2.13. The lowest BCUT2D eigenvalue weighted by Crippen LogP contribution is -2.25. The number of ether oxygens (including phenoxy) is 2. The monoisotopic (exact) mass is 363 g/mol. The molecule has 2 aromatic carbocycles. The molecule has 0 unspecified atom stereocenters. The summed E-state index contributed by atoms with van der Waals surface area (Å²) in [5, 5.41) is 2.95. The number of benzene rings is 2. The van der Waals surface area contributed by atoms with Crippen LogP contribution in [0.15, 0.2) is 65.1 Å². The highest BCUT2D eigenvalue weighted by molar-refractivity contribution is 5.76. The molecule has 1 aliphatic rings. The molecular weight excluding hydrogens is 342 g/mol. The van der Waals surface area contributed by atoms with Crippen molar-refractivity contribution >= 4 is 5.91 Å². The molecule has 1 aromatic heterocycles. The van der Waals surface area contributed by atoms with Gasteiger partial charge in [0.25, 0.3) is 0 Å². The molecule has 0 spiro atoms. The van der Waals surface area contributed by atoms with Crippen LogP contribution in [0.4, 0.5) is 0 Å². The topological polar surface area (TPSA) is 60.7 Å². The zero-order chi connectivity index (χ0) is 18.5. The van der Waals surface area contributed by atoms with E-state index in [0.29, 0.717) is 19.4 Å². The summed E-state index contributed by atoms with van der Waals surface area (Å²) in [7, 11) is 0. The normalized spacial score (nSPS) is 12.1. The number of hydrogen-bond acceptors (Lipinski definition) is 4. The van der Waals surface area contributed by atoms with Gasteiger partial charge in [0, 0.05) is 24.9 Å². The molecule has 0 atom stereocenters. The van der Waals surface area contributed by atoms with Crippen molar-refractivity contribution in [1.82, 2.24) is 5.32 Å². The first-order valence-corrected chi connectivity index (χ1v) is 9.07. The van der Waals surface area contributed by atoms with Gasteiger partial charge in [-0.15, -0.1) is 0 Å². The molecule has 4 rings (SSSR count). The zero-order valence-electron chi connectivity index (χ0n) is 14.9. The second kappa shape index (κ2) is 7.99. The minimum atomic E-state index is 0.0217. The van der Waals surface area contributed by atoms with Crippen molar-refractivity contribution in [2.24, 2.45) is 0 Å². The van der Waals surface area contributed by atoms with Gasteiger partial charge < -0.3 is 19.2 Å². The third-order valence-electron chi connectivity index (χ3n) is 4.49. The van der Waals surface area contributed by atoms with E-state index in [0.717, 1.165) is 40.6 Å². The number of fused-ring (bicyclic) bond motifs is 1. The number of carbonyl (C=O) groups is 1. The minimum Gasteiger partial charge on any atom is -0.461 e. The van der Waals surface area contributed by atoms with Gasteiger partial charge in [-0.25, -0.2) is 0 Å². The lowest BCUT2D eigenvalue weighted by atomic mass is 10.1. The van der Waals surface area contributed by atoms with Crippen molar-refractivity contribution in [2.45, 2.75) is 19.3 Å². The number of hydrogen-bond donors (Lipinski definition) is 1. The molecule has 5 nitrogen and oxygen atoms in total. The molecule has 138 valence electrons. The molecule has 1 aliphatic heterocycles. The van der Waals surface area contributed by atoms with Crippen molar-refractivity contribution in [2.75, 3.05) is 13.3 Å². The first kappa shape index (κ1) is 17.2. The van der Waals surface area contributed by atoms with E-state index < -0.39 is 0 Å². The van der Waals surface area contributed by atoms with Crippen LogP contribution >= 0.6 is 0 Å². The Morgan fingerprint density at radius 3 is 2.67 bits per heavy atom. The van der Waals surface area contributed by atoms with Crippen molar-refractivity contribution in [3.05, 3.63) is 72.0 Å². The van der Waals surface area contributed by atoms with E-state index in [-0.39, 0.29) is 12.7 Å². The summed E-state index contributed by atoms with van der Waals surface area (Å²) in [6.45, 7) is 0.861. The highest BCUT2D eigenvalue weighted by Crippen LogP contribution is 2.32. The Labute approximate surface area is 157 Å². The number of rotatable bonds is 7. The summed E-state index contributed by atoms with van der Waals surface area (Å²) in [6, 6.07) is 19.7. The maximum Gasteiger partial charge on any atom is 0.231 e. The molecule has 3 aromatic rings. The van der Waals surface area contributed by atoms with Crippen LogP contribution in [-0.2, 0) is 17.6 Å². The summed E-state index contributed by atoms with van der Waals surface area (Å²) in [5.74, 6) is 3.21. The Hall–Kier alpha value is -3.21. The molecule has 2 heterocycles. The summed E-state index contributed by atoms with van der Waals surface area (Å²) in [5.41, 5.74) is 2.15. The lowest BCUT2D eigenvalue weighted by Gasteiger charge is -2.06. The number of carbonyl (C=O) groups excluding carboxylic acids is 1. The Balaban J connectivity index is 1.22. The van der Waals surface area contributed by atoms with Crippen molar-refractivity contribution in [3.63, 3.8) is 0 Å². The number of furan rings is 1. The molecule has 0 fully saturated rings. The quantitative estimate of drug-likeness (QED) is 0.690. The Morgan fingerprint density at radius 1 is 0.926 bits per heavy atom. The first-order valence-electron chi connectivity index (χ1n) is 9.07. The molecule has 0 radical (unpaired) electrons. The average Bonchev–Trinajstić information content (AvgIpc) is 3.36. The van der Waals surface area contributed by atoms with Gasteiger partial charge in [-0.1, -0.05) is 36.4 Å². The van der Waals surface area contributed by atoms with Gasteiger partial charge in [-0.3, -0.25) is 4.79 Å². The summed E-state index contributed by atoms with van der Waals surface area (Å²) in [6.07, 6.45) is 1.74. The smallest absolute Gasteiger partial charge is 0.231 e. The van der Waals surface area contributed by atoms with Crippen LogP contribution in [0.25, 0.3) is 11.3 Å². The van der Waals surface area contributed by atoms with E-state index in [1.165, 1.54) is 0 Å². The summed E-state index contributed by atoms with van der Waals surface area (Å²) in [4.78, 5) is 12.1. The fourth-order valence-corrected chi connectivity index (χ4v) is 3.04. The molecule has 0 aliphatic carbocycles. The molecule has 5 heteroatoms. The Kier molecular flexibility index (Phi) is 5.10. The molecule has 27 heavy (non-hydrogen) atoms. The molecular formula is C22H21NO4. The van der Waals surface area contributed by atoms with E-state index in [1.807, 2.05) is 60.7 Å². The van der Waals surface area contributed by atoms with Crippen LogP contribution in [0.1, 0.15) is 17.7 Å². The molecule has 0 bridgehead atoms. The lowest BCUT2D eigenvalue weighted by molar-refractivity contribution is -0.121. The predicted octanol–water partition coefficient (Wildman–Crippen LogP) is 3.97. The van der Waals surface area contributed by atoms with Crippen LogP contribution in [-0.4, -0.2) is 19.2 Å². The largest absolute Gasteiger partial charge is 0.461 e.